The van der Waals surface area contributed by atoms with Gasteiger partial charge >= 0.3 is 5.96 Å². The first-order chi connectivity index (χ1) is 10.3. The second kappa shape index (κ2) is 8.98. The van der Waals surface area contributed by atoms with Crippen molar-refractivity contribution in [3.05, 3.63) is 0 Å². The van der Waals surface area contributed by atoms with E-state index >= 15 is 0 Å². The fraction of sp³-hybridized carbons (Fsp3) is 0.875. The van der Waals surface area contributed by atoms with Crippen LogP contribution in [0.1, 0.15) is 59.3 Å². The van der Waals surface area contributed by atoms with Crippen LogP contribution in [0.3, 0.4) is 0 Å². The quantitative estimate of drug-likeness (QED) is 0.283. The number of rotatable bonds is 7. The maximum atomic E-state index is 11.9. The Labute approximate surface area is 134 Å². The summed E-state index contributed by atoms with van der Waals surface area (Å²) in [5, 5.41) is 3.17. The smallest absolute Gasteiger partial charge is 0.338 e. The van der Waals surface area contributed by atoms with Crippen LogP contribution in [0.5, 0.6) is 0 Å². The summed E-state index contributed by atoms with van der Waals surface area (Å²) < 4.78 is 0. The van der Waals surface area contributed by atoms with E-state index < -0.39 is 0 Å². The van der Waals surface area contributed by atoms with Gasteiger partial charge in [-0.1, -0.05) is 0 Å². The maximum absolute atomic E-state index is 11.9. The molecule has 0 saturated carbocycles. The predicted octanol–water partition coefficient (Wildman–Crippen LogP) is -0.720. The Balaban J connectivity index is 2.10. The number of nitrogens with two attached hydrogens (primary N) is 2. The largest absolute Gasteiger partial charge is 0.353 e. The lowest BCUT2D eigenvalue weighted by atomic mass is 9.98. The molecule has 6 nitrogen and oxygen atoms in total. The first kappa shape index (κ1) is 18.7. The van der Waals surface area contributed by atoms with Gasteiger partial charge in [-0.3, -0.25) is 26.2 Å². The van der Waals surface area contributed by atoms with Gasteiger partial charge in [0.1, 0.15) is 0 Å². The van der Waals surface area contributed by atoms with E-state index in [4.69, 9.17) is 11.5 Å². The lowest BCUT2D eigenvalue weighted by molar-refractivity contribution is -0.459. The monoisotopic (exact) mass is 312 g/mol. The molecule has 0 bridgehead atoms. The van der Waals surface area contributed by atoms with Crippen molar-refractivity contribution in [1.29, 1.82) is 0 Å². The third-order valence-electron chi connectivity index (χ3n) is 4.22. The summed E-state index contributed by atoms with van der Waals surface area (Å²) in [5.41, 5.74) is 10.9. The van der Waals surface area contributed by atoms with E-state index in [0.717, 1.165) is 51.7 Å². The summed E-state index contributed by atoms with van der Waals surface area (Å²) in [6, 6.07) is 0.347. The molecule has 0 aromatic rings. The van der Waals surface area contributed by atoms with E-state index in [2.05, 4.69) is 36.0 Å². The number of nitrogens with zero attached hydrogens (tertiary/aromatic N) is 1. The minimum Gasteiger partial charge on any atom is -0.353 e. The van der Waals surface area contributed by atoms with Gasteiger partial charge < -0.3 is 5.32 Å². The first-order valence-corrected chi connectivity index (χ1v) is 8.45. The van der Waals surface area contributed by atoms with E-state index in [1.807, 2.05) is 0 Å². The average Bonchev–Trinajstić information content (AvgIpc) is 2.42. The predicted molar refractivity (Wildman–Crippen MR) is 90.2 cm³/mol. The number of hydrogen-bond donors (Lipinski definition) is 4. The third kappa shape index (κ3) is 7.64. The van der Waals surface area contributed by atoms with E-state index in [0.29, 0.717) is 12.5 Å². The van der Waals surface area contributed by atoms with Gasteiger partial charge in [0.05, 0.1) is 6.54 Å². The van der Waals surface area contributed by atoms with Crippen LogP contribution in [-0.2, 0) is 4.79 Å². The van der Waals surface area contributed by atoms with Crippen LogP contribution in [0.15, 0.2) is 0 Å². The Morgan fingerprint density at radius 2 is 1.82 bits per heavy atom. The summed E-state index contributed by atoms with van der Waals surface area (Å²) in [6.45, 7) is 9.65. The molecule has 1 amide bonds. The highest BCUT2D eigenvalue weighted by atomic mass is 16.1. The molecule has 0 aliphatic carbocycles. The second-order valence-corrected chi connectivity index (χ2v) is 7.19. The Bertz CT molecular complexity index is 363. The van der Waals surface area contributed by atoms with Gasteiger partial charge in [-0.05, 0) is 52.9 Å². The minimum absolute atomic E-state index is 0.187. The van der Waals surface area contributed by atoms with E-state index in [1.165, 1.54) is 0 Å². The zero-order chi connectivity index (χ0) is 16.6. The zero-order valence-corrected chi connectivity index (χ0v) is 14.5. The van der Waals surface area contributed by atoms with Gasteiger partial charge in [0.2, 0.25) is 5.91 Å². The Kier molecular flexibility index (Phi) is 7.65. The highest BCUT2D eigenvalue weighted by Crippen LogP contribution is 2.20. The van der Waals surface area contributed by atoms with Gasteiger partial charge in [0.15, 0.2) is 0 Å². The van der Waals surface area contributed by atoms with Crippen molar-refractivity contribution in [2.24, 2.45) is 11.5 Å². The molecule has 1 heterocycles. The summed E-state index contributed by atoms with van der Waals surface area (Å²) in [4.78, 5) is 17.3. The molecule has 128 valence electrons. The molecule has 0 radical (unpaired) electrons. The van der Waals surface area contributed by atoms with E-state index in [1.54, 1.807) is 0 Å². The molecule has 0 aromatic carbocycles. The molecule has 1 rings (SSSR count). The summed E-state index contributed by atoms with van der Waals surface area (Å²) in [7, 11) is 0. The van der Waals surface area contributed by atoms with Gasteiger partial charge in [-0.2, -0.15) is 0 Å². The number of piperidine rings is 1. The Morgan fingerprint density at radius 1 is 1.18 bits per heavy atom. The van der Waals surface area contributed by atoms with Crippen molar-refractivity contribution >= 4 is 11.9 Å². The van der Waals surface area contributed by atoms with Crippen molar-refractivity contribution in [2.45, 2.75) is 70.9 Å². The fourth-order valence-electron chi connectivity index (χ4n) is 2.81. The average molecular weight is 312 g/mol. The van der Waals surface area contributed by atoms with E-state index in [-0.39, 0.29) is 17.4 Å². The standard InChI is InChI=1S/C16H33N5O/c1-16(2,3)21-11-8-13(9-12-21)20-14(22)7-5-4-6-10-19-15(17)18/h13H,4-12H2,1-3H3,(H,20,22)(H4,17,18,19)/p+1. The van der Waals surface area contributed by atoms with Gasteiger partial charge in [0, 0.05) is 31.1 Å². The van der Waals surface area contributed by atoms with Crippen LogP contribution in [0, 0.1) is 0 Å². The lowest BCUT2D eigenvalue weighted by Gasteiger charge is -2.41. The molecule has 6 N–H and O–H groups in total. The maximum Gasteiger partial charge on any atom is 0.338 e. The molecule has 0 spiro atoms. The van der Waals surface area contributed by atoms with Crippen LogP contribution in [0.4, 0.5) is 0 Å². The SMILES string of the molecule is CC(C)(C)N1CCC(NC(=O)CCCCC[NH+]=C(N)N)CC1. The van der Waals surface area contributed by atoms with Crippen LogP contribution >= 0.6 is 0 Å². The second-order valence-electron chi connectivity index (χ2n) is 7.19. The molecule has 6 heteroatoms. The van der Waals surface area contributed by atoms with Crippen molar-refractivity contribution in [3.63, 3.8) is 0 Å². The summed E-state index contributed by atoms with van der Waals surface area (Å²) in [6.07, 6.45) is 5.63. The Hall–Kier alpha value is -1.30. The molecular weight excluding hydrogens is 278 g/mol. The number of carbonyl (C=O) groups excluding carboxylic acids is 1. The lowest BCUT2D eigenvalue weighted by Crippen LogP contribution is -2.78. The molecule has 0 atom stereocenters. The van der Waals surface area contributed by atoms with Crippen molar-refractivity contribution in [3.8, 4) is 0 Å². The molecule has 1 fully saturated rings. The van der Waals surface area contributed by atoms with Crippen LogP contribution in [-0.4, -0.2) is 48.0 Å². The molecular formula is C16H34N5O+. The van der Waals surface area contributed by atoms with Crippen molar-refractivity contribution in [2.75, 3.05) is 19.6 Å². The molecule has 0 unspecified atom stereocenters. The van der Waals surface area contributed by atoms with E-state index in [9.17, 15) is 4.79 Å². The summed E-state index contributed by atoms with van der Waals surface area (Å²) in [5.74, 6) is 0.450. The Morgan fingerprint density at radius 3 is 2.36 bits per heavy atom. The number of unbranched alkanes of at least 4 members (excludes halogenated alkanes) is 2. The van der Waals surface area contributed by atoms with Gasteiger partial charge in [-0.25, -0.2) is 0 Å². The zero-order valence-electron chi connectivity index (χ0n) is 14.5. The first-order valence-electron chi connectivity index (χ1n) is 8.45. The number of guanidine groups is 1. The van der Waals surface area contributed by atoms with Crippen LogP contribution in [0.25, 0.3) is 0 Å². The van der Waals surface area contributed by atoms with Crippen molar-refractivity contribution in [1.82, 2.24) is 10.2 Å². The minimum atomic E-state index is 0.187. The molecule has 1 saturated heterocycles. The van der Waals surface area contributed by atoms with Gasteiger partial charge in [0.25, 0.3) is 0 Å². The molecule has 1 aliphatic rings. The molecule has 0 aromatic heterocycles. The molecule has 1 aliphatic heterocycles. The highest BCUT2D eigenvalue weighted by molar-refractivity contribution is 5.76. The summed E-state index contributed by atoms with van der Waals surface area (Å²) >= 11 is 0. The molecule has 22 heavy (non-hydrogen) atoms. The number of hydrogen-bond acceptors (Lipinski definition) is 2. The van der Waals surface area contributed by atoms with Crippen molar-refractivity contribution < 1.29 is 9.79 Å². The van der Waals surface area contributed by atoms with Crippen LogP contribution < -0.4 is 21.8 Å². The number of likely N-dealkylation sites (tertiary alicyclic amines) is 1. The van der Waals surface area contributed by atoms with Crippen LogP contribution in [0.2, 0.25) is 0 Å². The van der Waals surface area contributed by atoms with Gasteiger partial charge in [-0.15, -0.1) is 0 Å². The number of amides is 1. The topological polar surface area (TPSA) is 98.3 Å². The highest BCUT2D eigenvalue weighted by Gasteiger charge is 2.27. The normalized spacial score (nSPS) is 17.2. The number of nitrogens with one attached hydrogen (secondary N) is 2. The fourth-order valence-corrected chi connectivity index (χ4v) is 2.81. The third-order valence-corrected chi connectivity index (χ3v) is 4.22. The number of carbonyl (C=O) groups is 1.